The maximum atomic E-state index is 12.0. The van der Waals surface area contributed by atoms with Crippen molar-refractivity contribution in [1.82, 2.24) is 5.32 Å². The summed E-state index contributed by atoms with van der Waals surface area (Å²) in [7, 11) is 0. The van der Waals surface area contributed by atoms with E-state index < -0.39 is 0 Å². The molecule has 20 heavy (non-hydrogen) atoms. The second-order valence-electron chi connectivity index (χ2n) is 6.02. The van der Waals surface area contributed by atoms with Gasteiger partial charge in [0.15, 0.2) is 0 Å². The molecule has 1 saturated carbocycles. The minimum Gasteiger partial charge on any atom is -0.399 e. The molecule has 0 bridgehead atoms. The normalized spacial score (nSPS) is 17.5. The number of nitrogen functional groups attached to an aromatic ring is 1. The molecule has 1 aliphatic rings. The molecule has 0 heterocycles. The summed E-state index contributed by atoms with van der Waals surface area (Å²) in [5.41, 5.74) is 7.71. The lowest BCUT2D eigenvalue weighted by Gasteiger charge is -2.16. The number of anilines is 1. The average Bonchev–Trinajstić information content (AvgIpc) is 3.18. The van der Waals surface area contributed by atoms with E-state index in [9.17, 15) is 4.79 Å². The van der Waals surface area contributed by atoms with Gasteiger partial charge < -0.3 is 16.2 Å². The van der Waals surface area contributed by atoms with E-state index in [1.54, 1.807) is 0 Å². The van der Waals surface area contributed by atoms with Crippen LogP contribution in [0, 0.1) is 5.41 Å². The van der Waals surface area contributed by atoms with Gasteiger partial charge in [-0.15, -0.1) is 0 Å². The van der Waals surface area contributed by atoms with E-state index in [0.29, 0.717) is 13.0 Å². The Morgan fingerprint density at radius 3 is 2.60 bits per heavy atom. The molecule has 0 spiro atoms. The fourth-order valence-corrected chi connectivity index (χ4v) is 2.51. The predicted octanol–water partition coefficient (Wildman–Crippen LogP) is 2.04. The number of hydrogen-bond donors (Lipinski definition) is 3. The first-order valence-electron chi connectivity index (χ1n) is 7.28. The van der Waals surface area contributed by atoms with Crippen LogP contribution in [-0.2, 0) is 4.79 Å². The molecule has 1 amide bonds. The van der Waals surface area contributed by atoms with Crippen molar-refractivity contribution in [3.05, 3.63) is 29.8 Å². The van der Waals surface area contributed by atoms with E-state index in [0.717, 1.165) is 30.5 Å². The third-order valence-electron chi connectivity index (χ3n) is 4.26. The number of benzene rings is 1. The van der Waals surface area contributed by atoms with Gasteiger partial charge >= 0.3 is 0 Å². The Kier molecular flexibility index (Phi) is 4.65. The largest absolute Gasteiger partial charge is 0.399 e. The van der Waals surface area contributed by atoms with Crippen molar-refractivity contribution in [2.75, 3.05) is 18.9 Å². The molecule has 4 heteroatoms. The Balaban J connectivity index is 1.78. The Labute approximate surface area is 120 Å². The fourth-order valence-electron chi connectivity index (χ4n) is 2.51. The number of nitrogens with two attached hydrogens (primary N) is 1. The van der Waals surface area contributed by atoms with Crippen molar-refractivity contribution in [1.29, 1.82) is 0 Å². The van der Waals surface area contributed by atoms with E-state index in [-0.39, 0.29) is 23.8 Å². The molecule has 0 radical (unpaired) electrons. The van der Waals surface area contributed by atoms with Gasteiger partial charge in [-0.1, -0.05) is 19.1 Å². The van der Waals surface area contributed by atoms with Crippen LogP contribution in [0.15, 0.2) is 24.3 Å². The van der Waals surface area contributed by atoms with Crippen LogP contribution < -0.4 is 11.1 Å². The van der Waals surface area contributed by atoms with Crippen LogP contribution in [0.3, 0.4) is 0 Å². The van der Waals surface area contributed by atoms with Crippen molar-refractivity contribution < 1.29 is 9.90 Å². The van der Waals surface area contributed by atoms with E-state index in [1.165, 1.54) is 0 Å². The molecule has 1 aromatic rings. The Morgan fingerprint density at radius 2 is 2.05 bits per heavy atom. The highest BCUT2D eigenvalue weighted by Gasteiger charge is 2.41. The third-order valence-corrected chi connectivity index (χ3v) is 4.26. The zero-order valence-electron chi connectivity index (χ0n) is 12.1. The molecular formula is C16H24N2O2. The number of nitrogens with one attached hydrogen (secondary N) is 1. The maximum Gasteiger partial charge on any atom is 0.220 e. The van der Waals surface area contributed by atoms with Crippen LogP contribution >= 0.6 is 0 Å². The summed E-state index contributed by atoms with van der Waals surface area (Å²) in [6.07, 6.45) is 3.50. The van der Waals surface area contributed by atoms with Crippen LogP contribution in [-0.4, -0.2) is 24.2 Å². The molecule has 4 nitrogen and oxygen atoms in total. The minimum absolute atomic E-state index is 0.0820. The molecule has 1 atom stereocenters. The molecule has 110 valence electrons. The van der Waals surface area contributed by atoms with Gasteiger partial charge in [-0.2, -0.15) is 0 Å². The first-order chi connectivity index (χ1) is 9.54. The van der Waals surface area contributed by atoms with E-state index >= 15 is 0 Å². The Bertz CT molecular complexity index is 452. The van der Waals surface area contributed by atoms with Crippen LogP contribution in [0.2, 0.25) is 0 Å². The molecule has 0 aliphatic heterocycles. The lowest BCUT2D eigenvalue weighted by Crippen LogP contribution is -2.31. The van der Waals surface area contributed by atoms with E-state index in [2.05, 4.69) is 5.32 Å². The van der Waals surface area contributed by atoms with Gasteiger partial charge in [0, 0.05) is 25.3 Å². The lowest BCUT2D eigenvalue weighted by molar-refractivity contribution is -0.121. The zero-order chi connectivity index (χ0) is 14.6. The summed E-state index contributed by atoms with van der Waals surface area (Å²) in [6, 6.07) is 7.68. The highest BCUT2D eigenvalue weighted by Crippen LogP contribution is 2.47. The minimum atomic E-state index is 0.0820. The highest BCUT2D eigenvalue weighted by molar-refractivity contribution is 5.77. The third kappa shape index (κ3) is 3.97. The van der Waals surface area contributed by atoms with Gasteiger partial charge in [0.2, 0.25) is 5.91 Å². The van der Waals surface area contributed by atoms with E-state index in [4.69, 9.17) is 10.8 Å². The molecule has 2 rings (SSSR count). The van der Waals surface area contributed by atoms with Crippen molar-refractivity contribution in [3.8, 4) is 0 Å². The predicted molar refractivity (Wildman–Crippen MR) is 80.3 cm³/mol. The zero-order valence-corrected chi connectivity index (χ0v) is 12.1. The van der Waals surface area contributed by atoms with Crippen molar-refractivity contribution >= 4 is 11.6 Å². The SMILES string of the molecule is CC(CC(=O)NCC1(CCO)CC1)c1ccc(N)cc1. The van der Waals surface area contributed by atoms with Gasteiger partial charge in [-0.05, 0) is 48.3 Å². The van der Waals surface area contributed by atoms with Crippen LogP contribution in [0.1, 0.15) is 44.1 Å². The lowest BCUT2D eigenvalue weighted by atomic mass is 9.97. The second kappa shape index (κ2) is 6.27. The molecule has 4 N–H and O–H groups in total. The first kappa shape index (κ1) is 14.9. The standard InChI is InChI=1S/C16H24N2O2/c1-12(13-2-4-14(17)5-3-13)10-15(20)18-11-16(6-7-16)8-9-19/h2-5,12,19H,6-11,17H2,1H3,(H,18,20). The summed E-state index contributed by atoms with van der Waals surface area (Å²) < 4.78 is 0. The molecule has 1 aliphatic carbocycles. The quantitative estimate of drug-likeness (QED) is 0.667. The van der Waals surface area contributed by atoms with Crippen LogP contribution in [0.5, 0.6) is 0 Å². The van der Waals surface area contributed by atoms with Gasteiger partial charge in [-0.25, -0.2) is 0 Å². The monoisotopic (exact) mass is 276 g/mol. The molecule has 1 unspecified atom stereocenters. The van der Waals surface area contributed by atoms with Crippen molar-refractivity contribution in [2.45, 2.75) is 38.5 Å². The first-order valence-corrected chi connectivity index (χ1v) is 7.28. The van der Waals surface area contributed by atoms with E-state index in [1.807, 2.05) is 31.2 Å². The number of aliphatic hydroxyl groups excluding tert-OH is 1. The number of hydrogen-bond acceptors (Lipinski definition) is 3. The van der Waals surface area contributed by atoms with Crippen LogP contribution in [0.4, 0.5) is 5.69 Å². The molecule has 0 saturated heterocycles. The van der Waals surface area contributed by atoms with Gasteiger partial charge in [-0.3, -0.25) is 4.79 Å². The summed E-state index contributed by atoms with van der Waals surface area (Å²) >= 11 is 0. The van der Waals surface area contributed by atoms with Crippen molar-refractivity contribution in [3.63, 3.8) is 0 Å². The number of rotatable bonds is 7. The van der Waals surface area contributed by atoms with Gasteiger partial charge in [0.05, 0.1) is 0 Å². The summed E-state index contributed by atoms with van der Waals surface area (Å²) in [4.78, 5) is 12.0. The Morgan fingerprint density at radius 1 is 1.40 bits per heavy atom. The molecule has 0 aromatic heterocycles. The molecule has 1 fully saturated rings. The maximum absolute atomic E-state index is 12.0. The number of carbonyl (C=O) groups is 1. The second-order valence-corrected chi connectivity index (χ2v) is 6.02. The summed E-state index contributed by atoms with van der Waals surface area (Å²) in [6.45, 7) is 2.95. The summed E-state index contributed by atoms with van der Waals surface area (Å²) in [5, 5.41) is 12.0. The Hall–Kier alpha value is -1.55. The fraction of sp³-hybridized carbons (Fsp3) is 0.562. The van der Waals surface area contributed by atoms with Crippen LogP contribution in [0.25, 0.3) is 0 Å². The number of amides is 1. The molecule has 1 aromatic carbocycles. The molecular weight excluding hydrogens is 252 g/mol. The highest BCUT2D eigenvalue weighted by atomic mass is 16.3. The number of aliphatic hydroxyl groups is 1. The number of carbonyl (C=O) groups excluding carboxylic acids is 1. The smallest absolute Gasteiger partial charge is 0.220 e. The van der Waals surface area contributed by atoms with Crippen molar-refractivity contribution in [2.24, 2.45) is 5.41 Å². The average molecular weight is 276 g/mol. The van der Waals surface area contributed by atoms with Gasteiger partial charge in [0.25, 0.3) is 0 Å². The topological polar surface area (TPSA) is 75.3 Å². The van der Waals surface area contributed by atoms with Gasteiger partial charge in [0.1, 0.15) is 0 Å². The summed E-state index contributed by atoms with van der Waals surface area (Å²) in [5.74, 6) is 0.266.